The lowest BCUT2D eigenvalue weighted by Crippen LogP contribution is -2.13. The molecular weight excluding hydrogens is 298 g/mol. The lowest BCUT2D eigenvalue weighted by Gasteiger charge is -2.09. The Hall–Kier alpha value is -2.45. The second kappa shape index (κ2) is 6.33. The number of aryl methyl sites for hydroxylation is 1. The third kappa shape index (κ3) is 3.56. The number of ether oxygens (including phenoxy) is 1. The summed E-state index contributed by atoms with van der Waals surface area (Å²) in [5.41, 5.74) is 2.86. The highest BCUT2D eigenvalue weighted by atomic mass is 35.5. The first-order valence-corrected chi connectivity index (χ1v) is 6.26. The van der Waals surface area contributed by atoms with Gasteiger partial charge in [0.05, 0.1) is 4.92 Å². The summed E-state index contributed by atoms with van der Waals surface area (Å²) in [4.78, 5) is 18.2. The van der Waals surface area contributed by atoms with E-state index < -0.39 is 4.92 Å². The van der Waals surface area contributed by atoms with Gasteiger partial charge in [-0.05, 0) is 24.6 Å². The van der Waals surface area contributed by atoms with Crippen LogP contribution in [-0.4, -0.2) is 14.9 Å². The molecule has 0 saturated heterocycles. The van der Waals surface area contributed by atoms with Crippen LogP contribution in [0.3, 0.4) is 0 Å². The summed E-state index contributed by atoms with van der Waals surface area (Å²) in [7, 11) is 0. The molecule has 2 aromatic rings. The fourth-order valence-corrected chi connectivity index (χ4v) is 1.91. The second-order valence-electron chi connectivity index (χ2n) is 4.11. The largest absolute Gasteiger partial charge is 0.468 e. The van der Waals surface area contributed by atoms with Crippen LogP contribution in [0, 0.1) is 17.0 Å². The van der Waals surface area contributed by atoms with E-state index in [1.54, 1.807) is 24.3 Å². The second-order valence-corrected chi connectivity index (χ2v) is 4.54. The first kappa shape index (κ1) is 14.9. The zero-order valence-corrected chi connectivity index (χ0v) is 11.8. The maximum atomic E-state index is 11.1. The molecular formula is C12H12ClN5O3. The van der Waals surface area contributed by atoms with Crippen molar-refractivity contribution in [3.8, 4) is 5.88 Å². The molecule has 0 aliphatic heterocycles. The normalized spacial score (nSPS) is 10.2. The van der Waals surface area contributed by atoms with Gasteiger partial charge in [0.2, 0.25) is 5.95 Å². The molecule has 2 rings (SSSR count). The molecule has 8 nitrogen and oxygen atoms in total. The van der Waals surface area contributed by atoms with Gasteiger partial charge in [-0.3, -0.25) is 15.5 Å². The summed E-state index contributed by atoms with van der Waals surface area (Å²) in [6.07, 6.45) is 0. The van der Waals surface area contributed by atoms with Gasteiger partial charge >= 0.3 is 5.69 Å². The number of halogens is 1. The molecule has 1 aromatic carbocycles. The van der Waals surface area contributed by atoms with Crippen molar-refractivity contribution in [3.63, 3.8) is 0 Å². The zero-order chi connectivity index (χ0) is 15.4. The molecule has 0 bridgehead atoms. The number of nitrogen functional groups attached to an aromatic ring is 1. The van der Waals surface area contributed by atoms with Crippen LogP contribution < -0.4 is 16.0 Å². The Labute approximate surface area is 125 Å². The Balaban J connectivity index is 2.29. The summed E-state index contributed by atoms with van der Waals surface area (Å²) in [6.45, 7) is 1.56. The Morgan fingerprint density at radius 3 is 2.86 bits per heavy atom. The van der Waals surface area contributed by atoms with Gasteiger partial charge in [-0.2, -0.15) is 4.98 Å². The van der Waals surface area contributed by atoms with Gasteiger partial charge in [0.1, 0.15) is 12.3 Å². The Kier molecular flexibility index (Phi) is 4.51. The van der Waals surface area contributed by atoms with Crippen LogP contribution in [0.5, 0.6) is 5.88 Å². The van der Waals surface area contributed by atoms with Gasteiger partial charge in [0, 0.05) is 5.02 Å². The number of aromatic nitrogens is 2. The Bertz CT molecular complexity index is 680. The van der Waals surface area contributed by atoms with Crippen molar-refractivity contribution < 1.29 is 9.66 Å². The summed E-state index contributed by atoms with van der Waals surface area (Å²) < 4.78 is 5.42. The van der Waals surface area contributed by atoms with Gasteiger partial charge in [0.15, 0.2) is 0 Å². The standard InChI is InChI=1S/C12H12ClN5O3/c1-7-10(18(19)20)11(16-12(15-7)17-14)21-6-8-3-2-4-9(13)5-8/h2-5H,6,14H2,1H3,(H,15,16,17). The van der Waals surface area contributed by atoms with E-state index in [9.17, 15) is 10.1 Å². The molecule has 0 spiro atoms. The molecule has 21 heavy (non-hydrogen) atoms. The number of nitrogens with zero attached hydrogens (tertiary/aromatic N) is 3. The predicted octanol–water partition coefficient (Wildman–Crippen LogP) is 2.21. The molecule has 0 aliphatic carbocycles. The van der Waals surface area contributed by atoms with Crippen molar-refractivity contribution >= 4 is 23.2 Å². The average Bonchev–Trinajstić information content (AvgIpc) is 2.44. The van der Waals surface area contributed by atoms with Crippen LogP contribution in [0.15, 0.2) is 24.3 Å². The quantitative estimate of drug-likeness (QED) is 0.494. The van der Waals surface area contributed by atoms with E-state index in [1.165, 1.54) is 6.92 Å². The lowest BCUT2D eigenvalue weighted by molar-refractivity contribution is -0.387. The number of nitrogens with two attached hydrogens (primary N) is 1. The minimum atomic E-state index is -0.594. The van der Waals surface area contributed by atoms with Gasteiger partial charge in [0.25, 0.3) is 5.88 Å². The number of benzene rings is 1. The average molecular weight is 310 g/mol. The maximum absolute atomic E-state index is 11.1. The first-order valence-electron chi connectivity index (χ1n) is 5.88. The van der Waals surface area contributed by atoms with E-state index in [4.69, 9.17) is 22.2 Å². The van der Waals surface area contributed by atoms with E-state index in [0.717, 1.165) is 5.56 Å². The number of hydrogen-bond donors (Lipinski definition) is 2. The van der Waals surface area contributed by atoms with Crippen molar-refractivity contribution in [1.82, 2.24) is 9.97 Å². The molecule has 0 aliphatic rings. The summed E-state index contributed by atoms with van der Waals surface area (Å²) in [5, 5.41) is 11.6. The lowest BCUT2D eigenvalue weighted by atomic mass is 10.2. The van der Waals surface area contributed by atoms with Crippen molar-refractivity contribution in [2.75, 3.05) is 5.43 Å². The number of hydrogen-bond acceptors (Lipinski definition) is 7. The molecule has 0 radical (unpaired) electrons. The zero-order valence-electron chi connectivity index (χ0n) is 11.0. The highest BCUT2D eigenvalue weighted by molar-refractivity contribution is 6.30. The topological polar surface area (TPSA) is 116 Å². The van der Waals surface area contributed by atoms with E-state index in [1.807, 2.05) is 0 Å². The number of hydrazine groups is 1. The molecule has 1 aromatic heterocycles. The van der Waals surface area contributed by atoms with Gasteiger partial charge in [-0.25, -0.2) is 10.8 Å². The van der Waals surface area contributed by atoms with Crippen LogP contribution in [0.2, 0.25) is 5.02 Å². The monoisotopic (exact) mass is 309 g/mol. The molecule has 0 atom stereocenters. The van der Waals surface area contributed by atoms with E-state index >= 15 is 0 Å². The van der Waals surface area contributed by atoms with E-state index in [0.29, 0.717) is 5.02 Å². The van der Waals surface area contributed by atoms with Crippen LogP contribution in [0.4, 0.5) is 11.6 Å². The number of rotatable bonds is 5. The van der Waals surface area contributed by atoms with Crippen molar-refractivity contribution in [3.05, 3.63) is 50.7 Å². The number of nitro groups is 1. The van der Waals surface area contributed by atoms with Crippen molar-refractivity contribution in [1.29, 1.82) is 0 Å². The van der Waals surface area contributed by atoms with Crippen molar-refractivity contribution in [2.24, 2.45) is 5.84 Å². The van der Waals surface area contributed by atoms with E-state index in [2.05, 4.69) is 15.4 Å². The fraction of sp³-hybridized carbons (Fsp3) is 0.167. The van der Waals surface area contributed by atoms with Gasteiger partial charge < -0.3 is 4.74 Å². The molecule has 110 valence electrons. The van der Waals surface area contributed by atoms with Crippen LogP contribution in [0.25, 0.3) is 0 Å². The number of anilines is 1. The maximum Gasteiger partial charge on any atom is 0.352 e. The highest BCUT2D eigenvalue weighted by Gasteiger charge is 2.23. The summed E-state index contributed by atoms with van der Waals surface area (Å²) in [6, 6.07) is 6.96. The molecule has 0 amide bonds. The number of nitrogens with one attached hydrogen (secondary N) is 1. The van der Waals surface area contributed by atoms with Crippen LogP contribution in [-0.2, 0) is 6.61 Å². The minimum absolute atomic E-state index is 0.0409. The summed E-state index contributed by atoms with van der Waals surface area (Å²) >= 11 is 5.87. The minimum Gasteiger partial charge on any atom is -0.468 e. The Morgan fingerprint density at radius 2 is 2.24 bits per heavy atom. The van der Waals surface area contributed by atoms with Gasteiger partial charge in [-0.1, -0.05) is 23.7 Å². The van der Waals surface area contributed by atoms with Crippen LogP contribution >= 0.6 is 11.6 Å². The molecule has 3 N–H and O–H groups in total. The highest BCUT2D eigenvalue weighted by Crippen LogP contribution is 2.29. The SMILES string of the molecule is Cc1nc(NN)nc(OCc2cccc(Cl)c2)c1[N+](=O)[O-]. The van der Waals surface area contributed by atoms with E-state index in [-0.39, 0.29) is 29.8 Å². The predicted molar refractivity (Wildman–Crippen MR) is 77.0 cm³/mol. The third-order valence-corrected chi connectivity index (χ3v) is 2.84. The molecule has 0 saturated carbocycles. The van der Waals surface area contributed by atoms with Crippen molar-refractivity contribution in [2.45, 2.75) is 13.5 Å². The molecule has 1 heterocycles. The fourth-order valence-electron chi connectivity index (χ4n) is 1.69. The van der Waals surface area contributed by atoms with Gasteiger partial charge in [-0.15, -0.1) is 0 Å². The first-order chi connectivity index (χ1) is 10.0. The molecule has 9 heteroatoms. The molecule has 0 fully saturated rings. The third-order valence-electron chi connectivity index (χ3n) is 2.60. The van der Waals surface area contributed by atoms with Crippen LogP contribution in [0.1, 0.15) is 11.3 Å². The molecule has 0 unspecified atom stereocenters. The smallest absolute Gasteiger partial charge is 0.352 e. The Morgan fingerprint density at radius 1 is 1.48 bits per heavy atom. The summed E-state index contributed by atoms with van der Waals surface area (Å²) in [5.74, 6) is 5.11.